The third kappa shape index (κ3) is 2.15. The highest BCUT2D eigenvalue weighted by Crippen LogP contribution is 2.37. The molecule has 0 saturated heterocycles. The average molecular weight is 276 g/mol. The van der Waals surface area contributed by atoms with Crippen LogP contribution in [0.1, 0.15) is 11.1 Å². The molecular formula is C17H12N2O2. The van der Waals surface area contributed by atoms with Crippen molar-refractivity contribution in [3.63, 3.8) is 0 Å². The van der Waals surface area contributed by atoms with E-state index in [1.807, 2.05) is 54.6 Å². The van der Waals surface area contributed by atoms with Crippen molar-refractivity contribution in [2.45, 2.75) is 0 Å². The van der Waals surface area contributed by atoms with E-state index in [1.54, 1.807) is 7.05 Å². The van der Waals surface area contributed by atoms with Crippen LogP contribution in [0.25, 0.3) is 11.3 Å². The molecule has 102 valence electrons. The number of nitriles is 1. The number of hydrogen-bond acceptors (Lipinski definition) is 3. The molecule has 1 heterocycles. The molecule has 1 aliphatic rings. The molecule has 0 bridgehead atoms. The van der Waals surface area contributed by atoms with Crippen LogP contribution < -0.4 is 4.90 Å². The number of nitrogens with zero attached hydrogens (tertiary/aromatic N) is 2. The fourth-order valence-corrected chi connectivity index (χ4v) is 2.30. The van der Waals surface area contributed by atoms with Gasteiger partial charge in [-0.25, -0.2) is 4.79 Å². The van der Waals surface area contributed by atoms with E-state index in [-0.39, 0.29) is 0 Å². The van der Waals surface area contributed by atoms with E-state index in [2.05, 4.69) is 6.07 Å². The number of carbonyl (C=O) groups excluding carboxylic acids is 1. The Morgan fingerprint density at radius 3 is 2.48 bits per heavy atom. The van der Waals surface area contributed by atoms with Crippen molar-refractivity contribution in [3.05, 3.63) is 65.7 Å². The zero-order valence-electron chi connectivity index (χ0n) is 11.4. The summed E-state index contributed by atoms with van der Waals surface area (Å²) >= 11 is 0. The van der Waals surface area contributed by atoms with Gasteiger partial charge in [0.15, 0.2) is 5.76 Å². The number of benzene rings is 2. The number of anilines is 1. The molecule has 2 aromatic carbocycles. The van der Waals surface area contributed by atoms with Crippen molar-refractivity contribution >= 4 is 23.1 Å². The molecule has 0 unspecified atom stereocenters. The fraction of sp³-hybridized carbons (Fsp3) is 0.0588. The van der Waals surface area contributed by atoms with Gasteiger partial charge < -0.3 is 4.74 Å². The number of rotatable bonds is 1. The van der Waals surface area contributed by atoms with E-state index in [0.717, 1.165) is 16.8 Å². The minimum absolute atomic E-state index is 0.308. The summed E-state index contributed by atoms with van der Waals surface area (Å²) < 4.78 is 5.38. The number of hydrogen-bond donors (Lipinski definition) is 0. The molecule has 0 aliphatic carbocycles. The Balaban J connectivity index is 2.27. The van der Waals surface area contributed by atoms with Crippen molar-refractivity contribution < 1.29 is 9.53 Å². The lowest BCUT2D eigenvalue weighted by Crippen LogP contribution is -2.31. The summed E-state index contributed by atoms with van der Waals surface area (Å²) in [5.74, 6) is 0.308. The van der Waals surface area contributed by atoms with Crippen molar-refractivity contribution in [1.82, 2.24) is 0 Å². The highest BCUT2D eigenvalue weighted by molar-refractivity contribution is 6.06. The van der Waals surface area contributed by atoms with Gasteiger partial charge in [0.1, 0.15) is 11.6 Å². The maximum atomic E-state index is 12.0. The Morgan fingerprint density at radius 2 is 1.76 bits per heavy atom. The molecule has 0 radical (unpaired) electrons. The smallest absolute Gasteiger partial charge is 0.408 e. The zero-order chi connectivity index (χ0) is 14.8. The molecule has 0 fully saturated rings. The summed E-state index contributed by atoms with van der Waals surface area (Å²) in [4.78, 5) is 13.4. The highest BCUT2D eigenvalue weighted by atomic mass is 16.6. The summed E-state index contributed by atoms with van der Waals surface area (Å²) in [6, 6.07) is 18.7. The number of ether oxygens (including phenoxy) is 1. The molecule has 0 aromatic heterocycles. The number of amides is 1. The second-order valence-corrected chi connectivity index (χ2v) is 4.63. The summed E-state index contributed by atoms with van der Waals surface area (Å²) in [6.45, 7) is 0. The predicted octanol–water partition coefficient (Wildman–Crippen LogP) is 3.66. The molecule has 0 atom stereocenters. The monoisotopic (exact) mass is 276 g/mol. The number of carbonyl (C=O) groups is 1. The van der Waals surface area contributed by atoms with E-state index in [9.17, 15) is 10.1 Å². The van der Waals surface area contributed by atoms with Gasteiger partial charge in [0.25, 0.3) is 0 Å². The third-order valence-corrected chi connectivity index (χ3v) is 3.37. The van der Waals surface area contributed by atoms with Gasteiger partial charge in [0.05, 0.1) is 5.69 Å². The van der Waals surface area contributed by atoms with Gasteiger partial charge in [-0.05, 0) is 17.7 Å². The maximum absolute atomic E-state index is 12.0. The Hall–Kier alpha value is -3.06. The Labute approximate surface area is 122 Å². The quantitative estimate of drug-likeness (QED) is 0.747. The van der Waals surface area contributed by atoms with E-state index < -0.39 is 6.09 Å². The van der Waals surface area contributed by atoms with Gasteiger partial charge in [0, 0.05) is 12.6 Å². The molecule has 4 nitrogen and oxygen atoms in total. The zero-order valence-corrected chi connectivity index (χ0v) is 11.4. The van der Waals surface area contributed by atoms with Crippen LogP contribution in [0.4, 0.5) is 10.5 Å². The summed E-state index contributed by atoms with van der Waals surface area (Å²) in [5.41, 5.74) is 2.54. The van der Waals surface area contributed by atoms with Crippen LogP contribution in [-0.2, 0) is 4.74 Å². The summed E-state index contributed by atoms with van der Waals surface area (Å²) in [7, 11) is 1.65. The van der Waals surface area contributed by atoms with Crippen LogP contribution >= 0.6 is 0 Å². The topological polar surface area (TPSA) is 53.3 Å². The van der Waals surface area contributed by atoms with Crippen molar-refractivity contribution in [2.75, 3.05) is 11.9 Å². The lowest BCUT2D eigenvalue weighted by molar-refractivity contribution is 0.199. The van der Waals surface area contributed by atoms with E-state index in [4.69, 9.17) is 4.74 Å². The minimum atomic E-state index is -0.493. The van der Waals surface area contributed by atoms with Crippen LogP contribution in [0.2, 0.25) is 0 Å². The molecular weight excluding hydrogens is 264 g/mol. The number of para-hydroxylation sites is 1. The first kappa shape index (κ1) is 12.9. The molecule has 1 amide bonds. The first-order valence-electron chi connectivity index (χ1n) is 6.47. The highest BCUT2D eigenvalue weighted by Gasteiger charge is 2.29. The maximum Gasteiger partial charge on any atom is 0.419 e. The second kappa shape index (κ2) is 5.14. The first-order chi connectivity index (χ1) is 10.2. The number of fused-ring (bicyclic) bond motifs is 1. The molecule has 3 rings (SSSR count). The molecule has 1 aliphatic heterocycles. The van der Waals surface area contributed by atoms with Crippen LogP contribution in [0, 0.1) is 11.3 Å². The Bertz CT molecular complexity index is 773. The SMILES string of the molecule is CN1C(=O)O/C(=C(\C#N)c2ccccc2)c2ccccc21. The average Bonchev–Trinajstić information content (AvgIpc) is 2.54. The number of cyclic esters (lactones) is 1. The molecule has 0 spiro atoms. The van der Waals surface area contributed by atoms with E-state index in [0.29, 0.717) is 11.3 Å². The van der Waals surface area contributed by atoms with Gasteiger partial charge in [-0.1, -0.05) is 42.5 Å². The normalized spacial score (nSPS) is 15.8. The third-order valence-electron chi connectivity index (χ3n) is 3.37. The Morgan fingerprint density at radius 1 is 1.10 bits per heavy atom. The van der Waals surface area contributed by atoms with E-state index >= 15 is 0 Å². The first-order valence-corrected chi connectivity index (χ1v) is 6.47. The lowest BCUT2D eigenvalue weighted by atomic mass is 10.00. The van der Waals surface area contributed by atoms with E-state index in [1.165, 1.54) is 4.90 Å². The van der Waals surface area contributed by atoms with Crippen LogP contribution in [0.5, 0.6) is 0 Å². The number of allylic oxidation sites excluding steroid dienone is 1. The van der Waals surface area contributed by atoms with Gasteiger partial charge in [-0.15, -0.1) is 0 Å². The van der Waals surface area contributed by atoms with Crippen LogP contribution in [0.3, 0.4) is 0 Å². The van der Waals surface area contributed by atoms with Crippen molar-refractivity contribution in [2.24, 2.45) is 0 Å². The van der Waals surface area contributed by atoms with Crippen LogP contribution in [0.15, 0.2) is 54.6 Å². The summed E-state index contributed by atoms with van der Waals surface area (Å²) in [6.07, 6.45) is -0.493. The molecule has 0 N–H and O–H groups in total. The van der Waals surface area contributed by atoms with Crippen molar-refractivity contribution in [3.8, 4) is 6.07 Å². The largest absolute Gasteiger partial charge is 0.419 e. The summed E-state index contributed by atoms with van der Waals surface area (Å²) in [5, 5.41) is 9.50. The van der Waals surface area contributed by atoms with Gasteiger partial charge in [0.2, 0.25) is 0 Å². The van der Waals surface area contributed by atoms with Gasteiger partial charge >= 0.3 is 6.09 Å². The molecule has 21 heavy (non-hydrogen) atoms. The van der Waals surface area contributed by atoms with Gasteiger partial charge in [-0.3, -0.25) is 4.90 Å². The fourth-order valence-electron chi connectivity index (χ4n) is 2.30. The lowest BCUT2D eigenvalue weighted by Gasteiger charge is -2.27. The molecule has 2 aromatic rings. The second-order valence-electron chi connectivity index (χ2n) is 4.63. The molecule has 4 heteroatoms. The minimum Gasteiger partial charge on any atom is -0.408 e. The standard InChI is InChI=1S/C17H12N2O2/c1-19-15-10-6-5-9-13(15)16(21-17(19)20)14(11-18)12-7-3-2-4-8-12/h2-10H,1H3/b16-14+. The van der Waals surface area contributed by atoms with Crippen LogP contribution in [-0.4, -0.2) is 13.1 Å². The molecule has 0 saturated carbocycles. The van der Waals surface area contributed by atoms with Gasteiger partial charge in [-0.2, -0.15) is 5.26 Å². The Kier molecular flexibility index (Phi) is 3.17. The van der Waals surface area contributed by atoms with Crippen molar-refractivity contribution in [1.29, 1.82) is 5.26 Å². The predicted molar refractivity (Wildman–Crippen MR) is 80.2 cm³/mol.